The molecule has 0 aromatic heterocycles. The molecule has 63 heavy (non-hydrogen) atoms. The van der Waals surface area contributed by atoms with Gasteiger partial charge in [-0.2, -0.15) is 0 Å². The second-order valence-corrected chi connectivity index (χ2v) is 19.1. The van der Waals surface area contributed by atoms with Crippen LogP contribution in [-0.2, 0) is 42.9 Å². The molecule has 14 heteroatoms. The van der Waals surface area contributed by atoms with Gasteiger partial charge in [0.15, 0.2) is 0 Å². The van der Waals surface area contributed by atoms with Crippen LogP contribution in [0.25, 0.3) is 0 Å². The number of hydrogen-bond donors (Lipinski definition) is 2. The molecule has 5 rings (SSSR count). The average Bonchev–Trinajstić information content (AvgIpc) is 3.27. The number of rotatable bonds is 8. The molecular formula is C49H72ClNO12. The molecule has 0 spiro atoms. The van der Waals surface area contributed by atoms with Crippen molar-refractivity contribution in [1.29, 1.82) is 0 Å². The van der Waals surface area contributed by atoms with Crippen LogP contribution >= 0.6 is 11.6 Å². The van der Waals surface area contributed by atoms with Gasteiger partial charge in [-0.15, -0.1) is 0 Å². The summed E-state index contributed by atoms with van der Waals surface area (Å²) in [5, 5.41) is 24.5. The van der Waals surface area contributed by atoms with Gasteiger partial charge < -0.3 is 43.5 Å². The molecule has 13 nitrogen and oxygen atoms in total. The van der Waals surface area contributed by atoms with Gasteiger partial charge in [0, 0.05) is 57.1 Å². The van der Waals surface area contributed by atoms with Crippen molar-refractivity contribution in [1.82, 2.24) is 4.90 Å². The Kier molecular flexibility index (Phi) is 18.4. The zero-order valence-corrected chi connectivity index (χ0v) is 39.5. The first kappa shape index (κ1) is 50.8. The molecule has 1 aliphatic carbocycles. The number of esters is 1. The lowest BCUT2D eigenvalue weighted by atomic mass is 9.81. The number of cyclic esters (lactones) is 1. The molecule has 3 fully saturated rings. The van der Waals surface area contributed by atoms with Crippen LogP contribution < -0.4 is 4.74 Å². The number of Topliss-reactive ketones (excluding diaryl/α,β-unsaturated/α-hetero) is 2. The van der Waals surface area contributed by atoms with Gasteiger partial charge >= 0.3 is 5.97 Å². The molecule has 3 aliphatic heterocycles. The lowest BCUT2D eigenvalue weighted by Gasteiger charge is -2.47. The van der Waals surface area contributed by atoms with Crippen LogP contribution in [0.15, 0.2) is 47.6 Å². The molecule has 0 radical (unpaired) electrons. The zero-order valence-electron chi connectivity index (χ0n) is 38.8. The smallest absolute Gasteiger partial charge is 0.329 e. The Morgan fingerprint density at radius 2 is 1.57 bits per heavy atom. The van der Waals surface area contributed by atoms with Crippen LogP contribution in [0.5, 0.6) is 5.75 Å². The Morgan fingerprint density at radius 3 is 2.22 bits per heavy atom. The number of ketones is 2. The minimum absolute atomic E-state index is 0.0117. The number of allylic oxidation sites excluding steroid dienone is 3. The summed E-state index contributed by atoms with van der Waals surface area (Å²) in [6, 6.07) is 6.07. The van der Waals surface area contributed by atoms with Gasteiger partial charge in [-0.25, -0.2) is 4.79 Å². The topological polar surface area (TPSA) is 167 Å². The third kappa shape index (κ3) is 12.4. The predicted octanol–water partition coefficient (Wildman–Crippen LogP) is 7.21. The van der Waals surface area contributed by atoms with Crippen molar-refractivity contribution in [3.8, 4) is 5.75 Å². The van der Waals surface area contributed by atoms with Crippen LogP contribution in [0.2, 0.25) is 5.02 Å². The van der Waals surface area contributed by atoms with E-state index < -0.39 is 77.8 Å². The quantitative estimate of drug-likeness (QED) is 0.153. The van der Waals surface area contributed by atoms with Crippen molar-refractivity contribution in [2.24, 2.45) is 29.6 Å². The summed E-state index contributed by atoms with van der Waals surface area (Å²) in [7, 11) is 4.73. The van der Waals surface area contributed by atoms with E-state index >= 15 is 0 Å². The molecule has 4 aliphatic rings. The Morgan fingerprint density at radius 1 is 0.905 bits per heavy atom. The molecule has 2 N–H and O–H groups in total. The summed E-state index contributed by atoms with van der Waals surface area (Å²) in [4.78, 5) is 58.3. The molecule has 3 heterocycles. The van der Waals surface area contributed by atoms with Crippen LogP contribution in [0, 0.1) is 29.6 Å². The minimum atomic E-state index is -2.51. The highest BCUT2D eigenvalue weighted by molar-refractivity contribution is 6.39. The highest BCUT2D eigenvalue weighted by Crippen LogP contribution is 2.39. The number of benzene rings is 1. The molecule has 1 saturated carbocycles. The number of halogens is 1. The summed E-state index contributed by atoms with van der Waals surface area (Å²) in [5.41, 5.74) is 1.68. The molecular weight excluding hydrogens is 830 g/mol. The van der Waals surface area contributed by atoms with Gasteiger partial charge in [-0.1, -0.05) is 57.0 Å². The Bertz CT molecular complexity index is 1780. The SMILES string of the molecule is CCC1C=C(C)CC(C)CC(OC)C2OC(O)(C(=O)C(=O)N3CCCCC3C(=O)OC(C(C)=CC3CCC(Oc4ccc(Cl)cc4)C(OC)C3)C(C)C(O)CC1=O)C(C)CC2OC. The second-order valence-electron chi connectivity index (χ2n) is 18.7. The van der Waals surface area contributed by atoms with Crippen LogP contribution in [0.1, 0.15) is 112 Å². The van der Waals surface area contributed by atoms with Gasteiger partial charge in [0.25, 0.3) is 11.7 Å². The summed E-state index contributed by atoms with van der Waals surface area (Å²) < 4.78 is 36.6. The van der Waals surface area contributed by atoms with Gasteiger partial charge in [0.1, 0.15) is 35.9 Å². The molecule has 1 aromatic rings. The van der Waals surface area contributed by atoms with Gasteiger partial charge in [-0.05, 0) is 120 Å². The third-order valence-electron chi connectivity index (χ3n) is 14.0. The number of fused-ring (bicyclic) bond motifs is 3. The number of amides is 1. The highest BCUT2D eigenvalue weighted by Gasteiger charge is 2.56. The lowest BCUT2D eigenvalue weighted by Crippen LogP contribution is -2.64. The van der Waals surface area contributed by atoms with Crippen molar-refractivity contribution in [3.63, 3.8) is 0 Å². The largest absolute Gasteiger partial charge is 0.488 e. The summed E-state index contributed by atoms with van der Waals surface area (Å²) in [6.07, 6.45) is 4.52. The van der Waals surface area contributed by atoms with Crippen molar-refractivity contribution in [3.05, 3.63) is 52.6 Å². The van der Waals surface area contributed by atoms with E-state index in [-0.39, 0.29) is 55.6 Å². The first-order valence-corrected chi connectivity index (χ1v) is 23.3. The summed E-state index contributed by atoms with van der Waals surface area (Å²) in [6.45, 7) is 11.3. The molecule has 2 saturated heterocycles. The summed E-state index contributed by atoms with van der Waals surface area (Å²) >= 11 is 6.09. The van der Waals surface area contributed by atoms with E-state index in [1.54, 1.807) is 33.1 Å². The number of methoxy groups -OCH3 is 3. The number of aliphatic hydroxyl groups excluding tert-OH is 1. The fraction of sp³-hybridized carbons (Fsp3) is 0.714. The first-order valence-electron chi connectivity index (χ1n) is 23.0. The molecule has 2 bridgehead atoms. The van der Waals surface area contributed by atoms with Crippen molar-refractivity contribution >= 4 is 35.0 Å². The maximum Gasteiger partial charge on any atom is 0.329 e. The van der Waals surface area contributed by atoms with Crippen LogP contribution in [0.3, 0.4) is 0 Å². The van der Waals surface area contributed by atoms with Crippen molar-refractivity contribution in [2.75, 3.05) is 27.9 Å². The van der Waals surface area contributed by atoms with Gasteiger partial charge in [0.2, 0.25) is 5.79 Å². The normalized spacial score (nSPS) is 37.3. The molecule has 1 amide bonds. The number of carbonyl (C=O) groups excluding carboxylic acids is 4. The number of piperidine rings is 1. The number of carbonyl (C=O) groups is 4. The maximum absolute atomic E-state index is 14.5. The summed E-state index contributed by atoms with van der Waals surface area (Å²) in [5.74, 6) is -6.82. The van der Waals surface area contributed by atoms with Gasteiger partial charge in [0.05, 0.1) is 24.4 Å². The first-order chi connectivity index (χ1) is 29.9. The monoisotopic (exact) mass is 901 g/mol. The Labute approximate surface area is 379 Å². The second kappa shape index (κ2) is 22.8. The van der Waals surface area contributed by atoms with E-state index in [9.17, 15) is 29.4 Å². The van der Waals surface area contributed by atoms with E-state index in [1.165, 1.54) is 19.1 Å². The fourth-order valence-corrected chi connectivity index (χ4v) is 10.3. The number of aliphatic hydroxyl groups is 2. The fourth-order valence-electron chi connectivity index (χ4n) is 10.2. The lowest BCUT2D eigenvalue weighted by molar-refractivity contribution is -0.302. The van der Waals surface area contributed by atoms with E-state index in [2.05, 4.69) is 13.0 Å². The van der Waals surface area contributed by atoms with Gasteiger partial charge in [-0.3, -0.25) is 14.4 Å². The van der Waals surface area contributed by atoms with E-state index in [0.717, 1.165) is 12.0 Å². The highest BCUT2D eigenvalue weighted by atomic mass is 35.5. The standard InChI is InChI=1S/C49H72ClNO12/c1-10-34-22-28(2)21-29(3)23-42(59-8)45-43(60-9)25-31(5)49(57,63-45)46(54)47(55)51-20-12-11-13-37(51)48(56)62-44(32(6)38(52)27-39(34)53)30(4)24-33-14-19-40(41(26-33)58-7)61-36-17-15-35(50)16-18-36/h15-18,22,24,29,31-34,37-38,40-45,52,57H,10-14,19-21,23,25-27H2,1-9H3. The zero-order chi connectivity index (χ0) is 46.2. The maximum atomic E-state index is 14.5. The predicted molar refractivity (Wildman–Crippen MR) is 238 cm³/mol. The van der Waals surface area contributed by atoms with Crippen LogP contribution in [-0.4, -0.2) is 121 Å². The Hall–Kier alpha value is -3.17. The number of nitrogens with zero attached hydrogens (tertiary/aromatic N) is 1. The average molecular weight is 903 g/mol. The third-order valence-corrected chi connectivity index (χ3v) is 14.2. The van der Waals surface area contributed by atoms with E-state index in [1.807, 2.05) is 39.0 Å². The molecule has 14 atom stereocenters. The molecule has 14 unspecified atom stereocenters. The van der Waals surface area contributed by atoms with Crippen LogP contribution in [0.4, 0.5) is 0 Å². The van der Waals surface area contributed by atoms with E-state index in [4.69, 9.17) is 40.0 Å². The number of ether oxygens (including phenoxy) is 6. The molecule has 352 valence electrons. The molecule has 1 aromatic carbocycles. The van der Waals surface area contributed by atoms with Crippen molar-refractivity contribution in [2.45, 2.75) is 167 Å². The minimum Gasteiger partial charge on any atom is -0.488 e. The van der Waals surface area contributed by atoms with E-state index in [0.29, 0.717) is 61.3 Å². The van der Waals surface area contributed by atoms with Crippen molar-refractivity contribution < 1.29 is 57.8 Å². The Balaban J connectivity index is 1.48. The number of hydrogen-bond acceptors (Lipinski definition) is 12.